The highest BCUT2D eigenvalue weighted by molar-refractivity contribution is 7.89. The lowest BCUT2D eigenvalue weighted by atomic mass is 10.2. The van der Waals surface area contributed by atoms with Crippen LogP contribution < -0.4 is 14.2 Å². The smallest absolute Gasteiger partial charge is 0.243 e. The number of nitrogens with zero attached hydrogens (tertiary/aromatic N) is 1. The van der Waals surface area contributed by atoms with Gasteiger partial charge in [0.05, 0.1) is 17.0 Å². The molecule has 0 N–H and O–H groups in total. The highest BCUT2D eigenvalue weighted by Crippen LogP contribution is 2.32. The second-order valence-corrected chi connectivity index (χ2v) is 7.99. The van der Waals surface area contributed by atoms with Crippen LogP contribution in [-0.4, -0.2) is 40.1 Å². The first-order valence-corrected chi connectivity index (χ1v) is 9.42. The molecule has 0 aromatic heterocycles. The van der Waals surface area contributed by atoms with Crippen LogP contribution in [0.2, 0.25) is 5.02 Å². The number of hydrogen-bond acceptors (Lipinski definition) is 5. The van der Waals surface area contributed by atoms with Gasteiger partial charge in [-0.25, -0.2) is 8.42 Å². The van der Waals surface area contributed by atoms with Crippen molar-refractivity contribution < 1.29 is 22.6 Å². The number of methoxy groups -OCH3 is 1. The lowest BCUT2D eigenvalue weighted by Crippen LogP contribution is -2.26. The lowest BCUT2D eigenvalue weighted by Gasteiger charge is -2.21. The molecule has 134 valence electrons. The molecular weight excluding hydrogens is 366 g/mol. The minimum Gasteiger partial charge on any atom is -0.495 e. The van der Waals surface area contributed by atoms with Crippen LogP contribution in [0.4, 0.5) is 0 Å². The summed E-state index contributed by atoms with van der Waals surface area (Å²) in [5.41, 5.74) is 0.801. The van der Waals surface area contributed by atoms with Gasteiger partial charge in [-0.1, -0.05) is 17.7 Å². The Labute approximate surface area is 151 Å². The van der Waals surface area contributed by atoms with Crippen molar-refractivity contribution in [2.45, 2.75) is 11.4 Å². The van der Waals surface area contributed by atoms with Crippen LogP contribution in [0.5, 0.6) is 17.2 Å². The summed E-state index contributed by atoms with van der Waals surface area (Å²) in [5.74, 6) is 1.72. The maximum atomic E-state index is 12.7. The van der Waals surface area contributed by atoms with Gasteiger partial charge in [-0.05, 0) is 35.9 Å². The molecule has 0 bridgehead atoms. The highest BCUT2D eigenvalue weighted by atomic mass is 35.5. The van der Waals surface area contributed by atoms with E-state index < -0.39 is 10.0 Å². The van der Waals surface area contributed by atoms with E-state index in [9.17, 15) is 8.42 Å². The van der Waals surface area contributed by atoms with Gasteiger partial charge in [0.25, 0.3) is 0 Å². The third kappa shape index (κ3) is 3.68. The molecule has 1 aliphatic rings. The highest BCUT2D eigenvalue weighted by Gasteiger charge is 2.23. The van der Waals surface area contributed by atoms with E-state index in [0.29, 0.717) is 30.5 Å². The third-order valence-electron chi connectivity index (χ3n) is 3.84. The van der Waals surface area contributed by atoms with E-state index in [1.807, 2.05) is 6.07 Å². The Morgan fingerprint density at radius 1 is 1.12 bits per heavy atom. The van der Waals surface area contributed by atoms with Crippen molar-refractivity contribution in [3.05, 3.63) is 47.0 Å². The van der Waals surface area contributed by atoms with E-state index in [1.165, 1.54) is 36.7 Å². The standard InChI is InChI=1S/C17H18ClNO5S/c1-19(11-12-3-5-16-17(9-12)24-8-7-23-16)25(20,21)13-4-6-15(22-2)14(18)10-13/h3-6,9-10H,7-8,11H2,1-2H3. The molecule has 2 aromatic carbocycles. The first-order valence-electron chi connectivity index (χ1n) is 7.60. The predicted octanol–water partition coefficient (Wildman–Crippen LogP) is 2.94. The van der Waals surface area contributed by atoms with Crippen molar-refractivity contribution in [1.82, 2.24) is 4.31 Å². The van der Waals surface area contributed by atoms with Crippen molar-refractivity contribution in [3.8, 4) is 17.2 Å². The van der Waals surface area contributed by atoms with Crippen molar-refractivity contribution >= 4 is 21.6 Å². The number of rotatable bonds is 5. The van der Waals surface area contributed by atoms with Crippen LogP contribution in [0.3, 0.4) is 0 Å². The minimum atomic E-state index is -3.68. The van der Waals surface area contributed by atoms with E-state index in [2.05, 4.69) is 0 Å². The second kappa shape index (κ2) is 7.11. The molecular formula is C17H18ClNO5S. The van der Waals surface area contributed by atoms with Crippen molar-refractivity contribution in [1.29, 1.82) is 0 Å². The van der Waals surface area contributed by atoms with Crippen LogP contribution in [0.25, 0.3) is 0 Å². The molecule has 0 saturated heterocycles. The molecule has 0 spiro atoms. The monoisotopic (exact) mass is 383 g/mol. The van der Waals surface area contributed by atoms with Gasteiger partial charge in [0.1, 0.15) is 19.0 Å². The number of fused-ring (bicyclic) bond motifs is 1. The van der Waals surface area contributed by atoms with E-state index >= 15 is 0 Å². The van der Waals surface area contributed by atoms with Crippen LogP contribution >= 0.6 is 11.6 Å². The number of ether oxygens (including phenoxy) is 3. The van der Waals surface area contributed by atoms with E-state index in [4.69, 9.17) is 25.8 Å². The average Bonchev–Trinajstić information content (AvgIpc) is 2.61. The van der Waals surface area contributed by atoms with Gasteiger partial charge in [0, 0.05) is 13.6 Å². The first-order chi connectivity index (χ1) is 11.9. The van der Waals surface area contributed by atoms with E-state index in [-0.39, 0.29) is 16.5 Å². The Kier molecular flexibility index (Phi) is 5.08. The fraction of sp³-hybridized carbons (Fsp3) is 0.294. The molecule has 2 aromatic rings. The van der Waals surface area contributed by atoms with Gasteiger partial charge in [-0.15, -0.1) is 0 Å². The summed E-state index contributed by atoms with van der Waals surface area (Å²) in [6, 6.07) is 9.79. The molecule has 1 heterocycles. The first kappa shape index (κ1) is 17.8. The summed E-state index contributed by atoms with van der Waals surface area (Å²) in [4.78, 5) is 0.110. The normalized spacial score (nSPS) is 13.8. The Bertz CT molecular complexity index is 885. The second-order valence-electron chi connectivity index (χ2n) is 5.54. The molecule has 0 unspecified atom stereocenters. The molecule has 0 fully saturated rings. The van der Waals surface area contributed by atoms with E-state index in [0.717, 1.165) is 5.56 Å². The molecule has 0 radical (unpaired) electrons. The van der Waals surface area contributed by atoms with Gasteiger partial charge < -0.3 is 14.2 Å². The minimum absolute atomic E-state index is 0.110. The molecule has 25 heavy (non-hydrogen) atoms. The summed E-state index contributed by atoms with van der Waals surface area (Å²) in [7, 11) is -0.691. The summed E-state index contributed by atoms with van der Waals surface area (Å²) in [6.07, 6.45) is 0. The fourth-order valence-electron chi connectivity index (χ4n) is 2.52. The van der Waals surface area contributed by atoms with Crippen molar-refractivity contribution in [3.63, 3.8) is 0 Å². The quantitative estimate of drug-likeness (QED) is 0.794. The van der Waals surface area contributed by atoms with Gasteiger partial charge >= 0.3 is 0 Å². The number of benzene rings is 2. The van der Waals surface area contributed by atoms with Gasteiger partial charge in [0.15, 0.2) is 11.5 Å². The largest absolute Gasteiger partial charge is 0.495 e. The fourth-order valence-corrected chi connectivity index (χ4v) is 4.02. The molecule has 0 saturated carbocycles. The van der Waals surface area contributed by atoms with Crippen LogP contribution in [0, 0.1) is 0 Å². The summed E-state index contributed by atoms with van der Waals surface area (Å²) in [5, 5.41) is 0.247. The SMILES string of the molecule is COc1ccc(S(=O)(=O)N(C)Cc2ccc3c(c2)OCCO3)cc1Cl. The van der Waals surface area contributed by atoms with E-state index in [1.54, 1.807) is 12.1 Å². The van der Waals surface area contributed by atoms with Gasteiger partial charge in [-0.2, -0.15) is 4.31 Å². The zero-order valence-electron chi connectivity index (χ0n) is 13.9. The van der Waals surface area contributed by atoms with Crippen LogP contribution in [-0.2, 0) is 16.6 Å². The Hall–Kier alpha value is -1.96. The van der Waals surface area contributed by atoms with Gasteiger partial charge in [0.2, 0.25) is 10.0 Å². The summed E-state index contributed by atoms with van der Waals surface area (Å²) in [6.45, 7) is 1.19. The topological polar surface area (TPSA) is 65.1 Å². The summed E-state index contributed by atoms with van der Waals surface area (Å²) < 4.78 is 42.8. The molecule has 1 aliphatic heterocycles. The van der Waals surface area contributed by atoms with Crippen molar-refractivity contribution in [2.75, 3.05) is 27.4 Å². The van der Waals surface area contributed by atoms with Crippen molar-refractivity contribution in [2.24, 2.45) is 0 Å². The molecule has 6 nitrogen and oxygen atoms in total. The van der Waals surface area contributed by atoms with Gasteiger partial charge in [-0.3, -0.25) is 0 Å². The lowest BCUT2D eigenvalue weighted by molar-refractivity contribution is 0.171. The number of hydrogen-bond donors (Lipinski definition) is 0. The Morgan fingerprint density at radius 2 is 1.84 bits per heavy atom. The van der Waals surface area contributed by atoms with Crippen LogP contribution in [0.1, 0.15) is 5.56 Å². The predicted molar refractivity (Wildman–Crippen MR) is 94.1 cm³/mol. The summed E-state index contributed by atoms with van der Waals surface area (Å²) >= 11 is 6.04. The molecule has 0 atom stereocenters. The molecule has 0 amide bonds. The Morgan fingerprint density at radius 3 is 2.52 bits per heavy atom. The maximum absolute atomic E-state index is 12.7. The zero-order chi connectivity index (χ0) is 18.0. The Balaban J connectivity index is 1.82. The zero-order valence-corrected chi connectivity index (χ0v) is 15.4. The molecule has 3 rings (SSSR count). The molecule has 0 aliphatic carbocycles. The maximum Gasteiger partial charge on any atom is 0.243 e. The third-order valence-corrected chi connectivity index (χ3v) is 5.94. The molecule has 8 heteroatoms. The number of halogens is 1. The average molecular weight is 384 g/mol. The van der Waals surface area contributed by atoms with Crippen LogP contribution in [0.15, 0.2) is 41.3 Å². The number of sulfonamides is 1.